The standard InChI is InChI=1S/C19H19ClN4O.ClH/c1-21-14-10-11-24(12-14)18-16-4-2-3-5-17(16)19(23-22-18)25-15-8-6-13(20)7-9-15;/h2-9,14,21H,10-12H2,1H3;1H. The zero-order chi connectivity index (χ0) is 17.2. The minimum Gasteiger partial charge on any atom is -0.437 e. The summed E-state index contributed by atoms with van der Waals surface area (Å²) in [5, 5.41) is 14.8. The van der Waals surface area contributed by atoms with Crippen LogP contribution in [0.15, 0.2) is 48.5 Å². The minimum atomic E-state index is 0. The molecule has 0 amide bonds. The minimum absolute atomic E-state index is 0. The first-order valence-electron chi connectivity index (χ1n) is 8.35. The van der Waals surface area contributed by atoms with Crippen LogP contribution in [-0.2, 0) is 0 Å². The van der Waals surface area contributed by atoms with Crippen LogP contribution in [-0.4, -0.2) is 36.4 Å². The largest absolute Gasteiger partial charge is 0.437 e. The van der Waals surface area contributed by atoms with Crippen molar-refractivity contribution in [2.45, 2.75) is 12.5 Å². The lowest BCUT2D eigenvalue weighted by Crippen LogP contribution is -2.30. The van der Waals surface area contributed by atoms with Crippen molar-refractivity contribution in [3.63, 3.8) is 0 Å². The highest BCUT2D eigenvalue weighted by atomic mass is 35.5. The second kappa shape index (κ2) is 8.08. The smallest absolute Gasteiger partial charge is 0.246 e. The molecular formula is C19H20Cl2N4O. The molecule has 5 nitrogen and oxygen atoms in total. The Bertz CT molecular complexity index is 888. The highest BCUT2D eigenvalue weighted by Gasteiger charge is 2.24. The van der Waals surface area contributed by atoms with Crippen molar-refractivity contribution in [3.05, 3.63) is 53.6 Å². The van der Waals surface area contributed by atoms with Crippen LogP contribution in [0.2, 0.25) is 5.02 Å². The van der Waals surface area contributed by atoms with Gasteiger partial charge in [-0.3, -0.25) is 0 Å². The normalized spacial score (nSPS) is 16.5. The lowest BCUT2D eigenvalue weighted by Gasteiger charge is -2.19. The van der Waals surface area contributed by atoms with Gasteiger partial charge in [-0.05, 0) is 43.8 Å². The molecule has 2 aromatic carbocycles. The number of nitrogens with one attached hydrogen (secondary N) is 1. The Morgan fingerprint density at radius 3 is 2.50 bits per heavy atom. The number of hydrogen-bond acceptors (Lipinski definition) is 5. The summed E-state index contributed by atoms with van der Waals surface area (Å²) in [6.07, 6.45) is 1.11. The number of halogens is 2. The molecule has 1 fully saturated rings. The number of likely N-dealkylation sites (N-methyl/N-ethyl adjacent to an activating group) is 1. The van der Waals surface area contributed by atoms with Crippen LogP contribution in [0.25, 0.3) is 10.8 Å². The fourth-order valence-corrected chi connectivity index (χ4v) is 3.30. The summed E-state index contributed by atoms with van der Waals surface area (Å²) < 4.78 is 5.94. The molecule has 0 radical (unpaired) electrons. The van der Waals surface area contributed by atoms with Gasteiger partial charge in [0.1, 0.15) is 5.75 Å². The van der Waals surface area contributed by atoms with Crippen molar-refractivity contribution >= 4 is 40.6 Å². The van der Waals surface area contributed by atoms with Gasteiger partial charge in [-0.1, -0.05) is 29.8 Å². The molecule has 0 bridgehead atoms. The topological polar surface area (TPSA) is 50.3 Å². The second-order valence-corrected chi connectivity index (χ2v) is 6.59. The van der Waals surface area contributed by atoms with Gasteiger partial charge in [0.25, 0.3) is 0 Å². The van der Waals surface area contributed by atoms with E-state index >= 15 is 0 Å². The maximum atomic E-state index is 5.94. The van der Waals surface area contributed by atoms with Gasteiger partial charge in [0.05, 0.1) is 0 Å². The molecule has 2 heterocycles. The molecule has 7 heteroatoms. The van der Waals surface area contributed by atoms with Crippen molar-refractivity contribution in [3.8, 4) is 11.6 Å². The van der Waals surface area contributed by atoms with E-state index in [0.29, 0.717) is 22.7 Å². The van der Waals surface area contributed by atoms with Crippen molar-refractivity contribution in [1.29, 1.82) is 0 Å². The zero-order valence-corrected chi connectivity index (χ0v) is 15.9. The van der Waals surface area contributed by atoms with Gasteiger partial charge in [-0.2, -0.15) is 0 Å². The number of rotatable bonds is 4. The van der Waals surface area contributed by atoms with Gasteiger partial charge in [0, 0.05) is 34.9 Å². The van der Waals surface area contributed by atoms with E-state index in [1.807, 2.05) is 37.4 Å². The first kappa shape index (κ1) is 18.7. The summed E-state index contributed by atoms with van der Waals surface area (Å²) in [6.45, 7) is 1.91. The van der Waals surface area contributed by atoms with Crippen molar-refractivity contribution < 1.29 is 4.74 Å². The van der Waals surface area contributed by atoms with E-state index in [0.717, 1.165) is 36.1 Å². The third-order valence-corrected chi connectivity index (χ3v) is 4.81. The molecule has 4 rings (SSSR count). The van der Waals surface area contributed by atoms with E-state index in [1.54, 1.807) is 12.1 Å². The zero-order valence-electron chi connectivity index (χ0n) is 14.4. The molecule has 1 unspecified atom stereocenters. The predicted octanol–water partition coefficient (Wildman–Crippen LogP) is 4.30. The summed E-state index contributed by atoms with van der Waals surface area (Å²) in [5.74, 6) is 2.11. The van der Waals surface area contributed by atoms with Crippen molar-refractivity contribution in [2.24, 2.45) is 0 Å². The van der Waals surface area contributed by atoms with Crippen LogP contribution in [0.3, 0.4) is 0 Å². The summed E-state index contributed by atoms with van der Waals surface area (Å²) >= 11 is 5.93. The van der Waals surface area contributed by atoms with Crippen molar-refractivity contribution in [1.82, 2.24) is 15.5 Å². The maximum Gasteiger partial charge on any atom is 0.246 e. The van der Waals surface area contributed by atoms with Crippen LogP contribution in [0, 0.1) is 0 Å². The van der Waals surface area contributed by atoms with Gasteiger partial charge in [0.15, 0.2) is 5.82 Å². The van der Waals surface area contributed by atoms with Gasteiger partial charge >= 0.3 is 0 Å². The molecule has 136 valence electrons. The van der Waals surface area contributed by atoms with E-state index in [4.69, 9.17) is 16.3 Å². The number of anilines is 1. The Morgan fingerprint density at radius 1 is 1.08 bits per heavy atom. The van der Waals surface area contributed by atoms with E-state index < -0.39 is 0 Å². The van der Waals surface area contributed by atoms with E-state index in [9.17, 15) is 0 Å². The third-order valence-electron chi connectivity index (χ3n) is 4.56. The molecular weight excluding hydrogens is 371 g/mol. The van der Waals surface area contributed by atoms with E-state index in [2.05, 4.69) is 26.5 Å². The monoisotopic (exact) mass is 390 g/mol. The average Bonchev–Trinajstić information content (AvgIpc) is 3.13. The van der Waals surface area contributed by atoms with E-state index in [-0.39, 0.29) is 12.4 Å². The highest BCUT2D eigenvalue weighted by Crippen LogP contribution is 2.33. The molecule has 0 saturated carbocycles. The van der Waals surface area contributed by atoms with Gasteiger partial charge in [-0.15, -0.1) is 22.6 Å². The van der Waals surface area contributed by atoms with Gasteiger partial charge in [-0.25, -0.2) is 0 Å². The number of nitrogens with zero attached hydrogens (tertiary/aromatic N) is 3. The second-order valence-electron chi connectivity index (χ2n) is 6.15. The van der Waals surface area contributed by atoms with Crippen LogP contribution < -0.4 is 15.0 Å². The SMILES string of the molecule is CNC1CCN(c2nnc(Oc3ccc(Cl)cc3)c3ccccc23)C1.Cl. The summed E-state index contributed by atoms with van der Waals surface area (Å²) in [6, 6.07) is 15.8. The summed E-state index contributed by atoms with van der Waals surface area (Å²) in [4.78, 5) is 2.28. The van der Waals surface area contributed by atoms with Crippen molar-refractivity contribution in [2.75, 3.05) is 25.0 Å². The molecule has 1 aromatic heterocycles. The Morgan fingerprint density at radius 2 is 1.81 bits per heavy atom. The third kappa shape index (κ3) is 3.70. The number of hydrogen-bond donors (Lipinski definition) is 1. The Labute approximate surface area is 163 Å². The molecule has 1 aliphatic heterocycles. The van der Waals surface area contributed by atoms with Crippen LogP contribution in [0.4, 0.5) is 5.82 Å². The van der Waals surface area contributed by atoms with Crippen LogP contribution in [0.1, 0.15) is 6.42 Å². The quantitative estimate of drug-likeness (QED) is 0.719. The fourth-order valence-electron chi connectivity index (χ4n) is 3.18. The predicted molar refractivity (Wildman–Crippen MR) is 108 cm³/mol. The molecule has 26 heavy (non-hydrogen) atoms. The first-order chi connectivity index (χ1) is 12.2. The van der Waals surface area contributed by atoms with Crippen LogP contribution in [0.5, 0.6) is 11.6 Å². The Hall–Kier alpha value is -2.08. The summed E-state index contributed by atoms with van der Waals surface area (Å²) in [5.41, 5.74) is 0. The molecule has 1 N–H and O–H groups in total. The lowest BCUT2D eigenvalue weighted by molar-refractivity contribution is 0.462. The molecule has 1 atom stereocenters. The number of benzene rings is 2. The number of ether oxygens (including phenoxy) is 1. The van der Waals surface area contributed by atoms with E-state index in [1.165, 1.54) is 0 Å². The molecule has 3 aromatic rings. The van der Waals surface area contributed by atoms with Crippen LogP contribution >= 0.6 is 24.0 Å². The Kier molecular flexibility index (Phi) is 5.81. The lowest BCUT2D eigenvalue weighted by atomic mass is 10.1. The fraction of sp³-hybridized carbons (Fsp3) is 0.263. The highest BCUT2D eigenvalue weighted by molar-refractivity contribution is 6.30. The van der Waals surface area contributed by atoms with Gasteiger partial charge < -0.3 is 15.0 Å². The molecule has 1 saturated heterocycles. The first-order valence-corrected chi connectivity index (χ1v) is 8.73. The maximum absolute atomic E-state index is 5.94. The molecule has 0 aliphatic carbocycles. The number of fused-ring (bicyclic) bond motifs is 1. The number of aromatic nitrogens is 2. The van der Waals surface area contributed by atoms with Gasteiger partial charge in [0.2, 0.25) is 5.88 Å². The molecule has 1 aliphatic rings. The molecule has 0 spiro atoms. The summed E-state index contributed by atoms with van der Waals surface area (Å²) in [7, 11) is 2.00. The average molecular weight is 391 g/mol. The Balaban J connectivity index is 0.00000196.